The van der Waals surface area contributed by atoms with Crippen LogP contribution in [0.2, 0.25) is 0 Å². The van der Waals surface area contributed by atoms with E-state index in [1.165, 1.54) is 13.8 Å². The molecule has 0 spiro atoms. The maximum atomic E-state index is 13.3. The highest BCUT2D eigenvalue weighted by molar-refractivity contribution is 7.92. The monoisotopic (exact) mass is 491 g/mol. The van der Waals surface area contributed by atoms with Crippen LogP contribution >= 0.6 is 0 Å². The Balaban J connectivity index is 2.20. The molecule has 0 saturated heterocycles. The van der Waals surface area contributed by atoms with Crippen LogP contribution < -0.4 is 5.32 Å². The number of hydrogen-bond donors (Lipinski definition) is 2. The van der Waals surface area contributed by atoms with Crippen molar-refractivity contribution >= 4 is 27.9 Å². The number of esters is 1. The smallest absolute Gasteiger partial charge is 0.408 e. The Morgan fingerprint density at radius 1 is 0.971 bits per heavy atom. The van der Waals surface area contributed by atoms with Gasteiger partial charge in [0.05, 0.1) is 23.5 Å². The molecule has 0 aliphatic carbocycles. The van der Waals surface area contributed by atoms with Gasteiger partial charge in [0.25, 0.3) is 0 Å². The molecule has 0 saturated carbocycles. The predicted octanol–water partition coefficient (Wildman–Crippen LogP) is 2.59. The van der Waals surface area contributed by atoms with Crippen LogP contribution in [-0.2, 0) is 41.9 Å². The number of carboxylic acid groups (broad SMARTS) is 1. The Hall–Kier alpha value is -3.40. The maximum Gasteiger partial charge on any atom is 0.408 e. The van der Waals surface area contributed by atoms with Crippen LogP contribution in [0, 0.1) is 5.92 Å². The van der Waals surface area contributed by atoms with Crippen molar-refractivity contribution in [3.05, 3.63) is 71.8 Å². The summed E-state index contributed by atoms with van der Waals surface area (Å²) >= 11 is 0. The summed E-state index contributed by atoms with van der Waals surface area (Å²) in [5.41, 5.74) is 1.36. The molecule has 0 radical (unpaired) electrons. The van der Waals surface area contributed by atoms with Gasteiger partial charge in [0.2, 0.25) is 0 Å². The lowest BCUT2D eigenvalue weighted by molar-refractivity contribution is -0.143. The molecule has 1 amide bonds. The molecule has 0 aliphatic rings. The number of carbonyl (C=O) groups is 3. The third-order valence-electron chi connectivity index (χ3n) is 5.50. The van der Waals surface area contributed by atoms with Gasteiger partial charge < -0.3 is 19.9 Å². The second-order valence-corrected chi connectivity index (χ2v) is 10.9. The number of aliphatic carboxylic acids is 1. The summed E-state index contributed by atoms with van der Waals surface area (Å²) < 4.78 is 34.6. The van der Waals surface area contributed by atoms with Gasteiger partial charge in [-0.05, 0) is 31.4 Å². The topological polar surface area (TPSA) is 136 Å². The van der Waals surface area contributed by atoms with Gasteiger partial charge >= 0.3 is 18.0 Å². The van der Waals surface area contributed by atoms with Gasteiger partial charge in [-0.2, -0.15) is 0 Å². The molecule has 2 aromatic carbocycles. The van der Waals surface area contributed by atoms with Gasteiger partial charge in [0, 0.05) is 0 Å². The molecule has 0 heterocycles. The summed E-state index contributed by atoms with van der Waals surface area (Å²) in [6.45, 7) is 2.39. The van der Waals surface area contributed by atoms with Crippen molar-refractivity contribution in [2.45, 2.75) is 37.7 Å². The van der Waals surface area contributed by atoms with Crippen LogP contribution in [0.4, 0.5) is 4.79 Å². The van der Waals surface area contributed by atoms with Crippen LogP contribution in [0.15, 0.2) is 60.7 Å². The number of amides is 1. The zero-order valence-electron chi connectivity index (χ0n) is 19.3. The lowest BCUT2D eigenvalue weighted by Crippen LogP contribution is -2.59. The lowest BCUT2D eigenvalue weighted by Gasteiger charge is -2.33. The van der Waals surface area contributed by atoms with E-state index in [0.29, 0.717) is 11.1 Å². The standard InChI is InChI=1S/C24H29NO8S/c1-24(2,34(30,31)16-19(21(26)27)14-17-10-6-4-7-11-17)20(22(28)32-3)25-23(29)33-15-18-12-8-5-9-13-18/h4-13,19-20H,14-16H2,1-3H3,(H,25,29)(H,26,27)/t19?,20-/m1/s1. The summed E-state index contributed by atoms with van der Waals surface area (Å²) in [5.74, 6) is -4.28. The fraction of sp³-hybridized carbons (Fsp3) is 0.375. The number of alkyl carbamates (subject to hydrolysis) is 1. The molecular formula is C24H29NO8S. The summed E-state index contributed by atoms with van der Waals surface area (Å²) in [6, 6.07) is 15.8. The SMILES string of the molecule is COC(=O)[C@@H](NC(=O)OCc1ccccc1)C(C)(C)S(=O)(=O)CC(Cc1ccccc1)C(=O)O. The molecule has 9 nitrogen and oxygen atoms in total. The fourth-order valence-corrected chi connectivity index (χ4v) is 5.03. The van der Waals surface area contributed by atoms with E-state index < -0.39 is 50.3 Å². The van der Waals surface area contributed by atoms with Gasteiger partial charge in [0.1, 0.15) is 12.6 Å². The van der Waals surface area contributed by atoms with E-state index in [1.807, 2.05) is 0 Å². The van der Waals surface area contributed by atoms with E-state index >= 15 is 0 Å². The molecule has 34 heavy (non-hydrogen) atoms. The van der Waals surface area contributed by atoms with Crippen molar-refractivity contribution < 1.29 is 37.4 Å². The van der Waals surface area contributed by atoms with Crippen LogP contribution in [-0.4, -0.2) is 55.2 Å². The highest BCUT2D eigenvalue weighted by atomic mass is 32.2. The number of benzene rings is 2. The van der Waals surface area contributed by atoms with Crippen LogP contribution in [0.3, 0.4) is 0 Å². The second kappa shape index (κ2) is 11.6. The first kappa shape index (κ1) is 26.8. The Bertz CT molecular complexity index is 1080. The van der Waals surface area contributed by atoms with Crippen LogP contribution in [0.25, 0.3) is 0 Å². The molecule has 2 aromatic rings. The zero-order chi connectivity index (χ0) is 25.4. The maximum absolute atomic E-state index is 13.3. The van der Waals surface area contributed by atoms with E-state index in [1.54, 1.807) is 60.7 Å². The molecule has 0 aromatic heterocycles. The van der Waals surface area contributed by atoms with Gasteiger partial charge in [-0.1, -0.05) is 60.7 Å². The Labute approximate surface area is 199 Å². The highest BCUT2D eigenvalue weighted by Crippen LogP contribution is 2.26. The number of sulfone groups is 1. The first-order valence-corrected chi connectivity index (χ1v) is 12.2. The van der Waals surface area contributed by atoms with Gasteiger partial charge in [-0.3, -0.25) is 4.79 Å². The van der Waals surface area contributed by atoms with E-state index in [4.69, 9.17) is 9.47 Å². The minimum atomic E-state index is -4.24. The number of methoxy groups -OCH3 is 1. The van der Waals surface area contributed by atoms with E-state index in [0.717, 1.165) is 7.11 Å². The van der Waals surface area contributed by atoms with Crippen LogP contribution in [0.1, 0.15) is 25.0 Å². The fourth-order valence-electron chi connectivity index (χ4n) is 3.29. The summed E-state index contributed by atoms with van der Waals surface area (Å²) in [7, 11) is -3.18. The average Bonchev–Trinajstić information content (AvgIpc) is 2.81. The Morgan fingerprint density at radius 3 is 2.00 bits per heavy atom. The average molecular weight is 492 g/mol. The number of hydrogen-bond acceptors (Lipinski definition) is 7. The molecule has 2 N–H and O–H groups in total. The van der Waals surface area contributed by atoms with E-state index in [2.05, 4.69) is 5.32 Å². The predicted molar refractivity (Wildman–Crippen MR) is 125 cm³/mol. The normalized spacial score (nSPS) is 13.4. The van der Waals surface area contributed by atoms with Crippen molar-refractivity contribution in [2.75, 3.05) is 12.9 Å². The number of ether oxygens (including phenoxy) is 2. The number of rotatable bonds is 11. The molecule has 1 unspecified atom stereocenters. The van der Waals surface area contributed by atoms with E-state index in [9.17, 15) is 27.9 Å². The first-order valence-electron chi connectivity index (χ1n) is 10.5. The van der Waals surface area contributed by atoms with Gasteiger partial charge in [-0.15, -0.1) is 0 Å². The Morgan fingerprint density at radius 2 is 1.50 bits per heavy atom. The number of nitrogens with one attached hydrogen (secondary N) is 1. The largest absolute Gasteiger partial charge is 0.481 e. The first-order chi connectivity index (χ1) is 16.0. The van der Waals surface area contributed by atoms with Crippen molar-refractivity contribution in [2.24, 2.45) is 5.92 Å². The molecule has 2 atom stereocenters. The van der Waals surface area contributed by atoms with Crippen molar-refractivity contribution in [1.29, 1.82) is 0 Å². The minimum absolute atomic E-state index is 0.0130. The second-order valence-electron chi connectivity index (χ2n) is 8.27. The van der Waals surface area contributed by atoms with Crippen molar-refractivity contribution in [3.63, 3.8) is 0 Å². The summed E-state index contributed by atoms with van der Waals surface area (Å²) in [5, 5.41) is 11.9. The summed E-state index contributed by atoms with van der Waals surface area (Å²) in [6.07, 6.45) is -1.03. The third kappa shape index (κ3) is 7.05. The highest BCUT2D eigenvalue weighted by Gasteiger charge is 2.48. The summed E-state index contributed by atoms with van der Waals surface area (Å²) in [4.78, 5) is 36.6. The zero-order valence-corrected chi connectivity index (χ0v) is 20.1. The van der Waals surface area contributed by atoms with Crippen molar-refractivity contribution in [1.82, 2.24) is 5.32 Å². The molecule has 10 heteroatoms. The van der Waals surface area contributed by atoms with Gasteiger partial charge in [-0.25, -0.2) is 18.0 Å². The molecule has 0 aliphatic heterocycles. The van der Waals surface area contributed by atoms with Crippen molar-refractivity contribution in [3.8, 4) is 0 Å². The number of carboxylic acids is 1. The molecule has 2 rings (SSSR count). The molecule has 0 bridgehead atoms. The molecule has 184 valence electrons. The van der Waals surface area contributed by atoms with E-state index in [-0.39, 0.29) is 13.0 Å². The van der Waals surface area contributed by atoms with Crippen LogP contribution in [0.5, 0.6) is 0 Å². The quantitative estimate of drug-likeness (QED) is 0.458. The Kier molecular flexibility index (Phi) is 9.19. The molecule has 0 fully saturated rings. The van der Waals surface area contributed by atoms with Gasteiger partial charge in [0.15, 0.2) is 9.84 Å². The third-order valence-corrected chi connectivity index (χ3v) is 8.18. The minimum Gasteiger partial charge on any atom is -0.481 e. The lowest BCUT2D eigenvalue weighted by atomic mass is 10.0. The molecular weight excluding hydrogens is 462 g/mol. The number of carbonyl (C=O) groups excluding carboxylic acids is 2.